The highest BCUT2D eigenvalue weighted by atomic mass is 79.9. The summed E-state index contributed by atoms with van der Waals surface area (Å²) in [4.78, 5) is 0. The van der Waals surface area contributed by atoms with Gasteiger partial charge in [0.2, 0.25) is 5.89 Å². The molecular formula is C10H9BrClN3O. The molecule has 1 aromatic carbocycles. The summed E-state index contributed by atoms with van der Waals surface area (Å²) < 4.78 is 6.23. The lowest BCUT2D eigenvalue weighted by Gasteiger charge is -2.05. The van der Waals surface area contributed by atoms with E-state index < -0.39 is 0 Å². The molecule has 84 valence electrons. The van der Waals surface area contributed by atoms with Crippen LogP contribution < -0.4 is 5.32 Å². The quantitative estimate of drug-likeness (QED) is 0.880. The molecule has 0 aliphatic heterocycles. The van der Waals surface area contributed by atoms with E-state index in [1.807, 2.05) is 25.1 Å². The van der Waals surface area contributed by atoms with Crippen LogP contribution in [0, 0.1) is 6.92 Å². The Morgan fingerprint density at radius 1 is 1.44 bits per heavy atom. The number of nitrogens with zero attached hydrogens (tertiary/aromatic N) is 2. The van der Waals surface area contributed by atoms with Gasteiger partial charge in [-0.05, 0) is 24.6 Å². The number of benzene rings is 1. The van der Waals surface area contributed by atoms with Crippen molar-refractivity contribution in [2.24, 2.45) is 0 Å². The minimum atomic E-state index is 0.214. The van der Waals surface area contributed by atoms with Gasteiger partial charge in [-0.2, -0.15) is 0 Å². The Morgan fingerprint density at radius 3 is 2.94 bits per heavy atom. The number of nitrogens with one attached hydrogen (secondary N) is 1. The summed E-state index contributed by atoms with van der Waals surface area (Å²) in [6.45, 7) is 1.99. The van der Waals surface area contributed by atoms with Crippen molar-refractivity contribution in [2.75, 3.05) is 5.32 Å². The van der Waals surface area contributed by atoms with Gasteiger partial charge >= 0.3 is 6.01 Å². The number of aromatic nitrogens is 2. The van der Waals surface area contributed by atoms with Crippen molar-refractivity contribution in [1.29, 1.82) is 0 Å². The summed E-state index contributed by atoms with van der Waals surface area (Å²) in [5.74, 6) is 0.614. The Kier molecular flexibility index (Phi) is 3.46. The third-order valence-electron chi connectivity index (χ3n) is 2.02. The highest BCUT2D eigenvalue weighted by Crippen LogP contribution is 2.23. The average Bonchev–Trinajstić information content (AvgIpc) is 2.71. The van der Waals surface area contributed by atoms with Gasteiger partial charge in [-0.15, -0.1) is 16.7 Å². The first kappa shape index (κ1) is 11.4. The molecule has 4 nitrogen and oxygen atoms in total. The molecule has 0 radical (unpaired) electrons. The van der Waals surface area contributed by atoms with E-state index in [-0.39, 0.29) is 5.88 Å². The van der Waals surface area contributed by atoms with Crippen molar-refractivity contribution in [2.45, 2.75) is 12.8 Å². The van der Waals surface area contributed by atoms with Crippen LogP contribution in [-0.4, -0.2) is 10.2 Å². The molecule has 0 fully saturated rings. The molecule has 0 saturated carbocycles. The second kappa shape index (κ2) is 4.84. The molecule has 1 N–H and O–H groups in total. The zero-order valence-corrected chi connectivity index (χ0v) is 10.8. The van der Waals surface area contributed by atoms with Crippen molar-refractivity contribution < 1.29 is 4.42 Å². The summed E-state index contributed by atoms with van der Waals surface area (Å²) in [6.07, 6.45) is 0. The summed E-state index contributed by atoms with van der Waals surface area (Å²) in [6, 6.07) is 6.25. The van der Waals surface area contributed by atoms with Gasteiger partial charge in [-0.3, -0.25) is 0 Å². The van der Waals surface area contributed by atoms with E-state index in [1.54, 1.807) is 0 Å². The Labute approximate surface area is 106 Å². The number of aryl methyl sites for hydroxylation is 1. The molecule has 0 unspecified atom stereocenters. The summed E-state index contributed by atoms with van der Waals surface area (Å²) in [5.41, 5.74) is 2.01. The lowest BCUT2D eigenvalue weighted by atomic mass is 10.2. The van der Waals surface area contributed by atoms with Crippen molar-refractivity contribution in [3.63, 3.8) is 0 Å². The van der Waals surface area contributed by atoms with E-state index in [1.165, 1.54) is 0 Å². The highest BCUT2D eigenvalue weighted by Gasteiger charge is 2.06. The van der Waals surface area contributed by atoms with E-state index in [0.29, 0.717) is 11.9 Å². The Bertz CT molecular complexity index is 501. The van der Waals surface area contributed by atoms with E-state index in [4.69, 9.17) is 16.0 Å². The van der Waals surface area contributed by atoms with Crippen LogP contribution in [-0.2, 0) is 5.88 Å². The van der Waals surface area contributed by atoms with Gasteiger partial charge in [0, 0.05) is 10.2 Å². The summed E-state index contributed by atoms with van der Waals surface area (Å²) >= 11 is 8.97. The smallest absolute Gasteiger partial charge is 0.320 e. The maximum Gasteiger partial charge on any atom is 0.320 e. The van der Waals surface area contributed by atoms with Crippen LogP contribution in [0.15, 0.2) is 27.1 Å². The molecular weight excluding hydrogens is 293 g/mol. The van der Waals surface area contributed by atoms with Crippen LogP contribution in [0.5, 0.6) is 0 Å². The fourth-order valence-corrected chi connectivity index (χ4v) is 1.67. The van der Waals surface area contributed by atoms with E-state index in [2.05, 4.69) is 31.4 Å². The Balaban J connectivity index is 2.22. The first-order valence-electron chi connectivity index (χ1n) is 4.60. The van der Waals surface area contributed by atoms with Crippen molar-refractivity contribution in [3.8, 4) is 0 Å². The average molecular weight is 303 g/mol. The second-order valence-corrected chi connectivity index (χ2v) is 4.40. The van der Waals surface area contributed by atoms with Gasteiger partial charge in [-0.1, -0.05) is 27.1 Å². The standard InChI is InChI=1S/C10H9BrClN3O/c1-6-2-3-7(11)4-8(6)13-10-15-14-9(5-12)16-10/h2-4H,5H2,1H3,(H,13,15). The number of hydrogen-bond acceptors (Lipinski definition) is 4. The van der Waals surface area contributed by atoms with Crippen molar-refractivity contribution >= 4 is 39.2 Å². The minimum absolute atomic E-state index is 0.214. The predicted molar refractivity (Wildman–Crippen MR) is 66.0 cm³/mol. The van der Waals surface area contributed by atoms with Gasteiger partial charge in [0.15, 0.2) is 0 Å². The predicted octanol–water partition coefficient (Wildman–Crippen LogP) is 3.62. The van der Waals surface area contributed by atoms with Gasteiger partial charge < -0.3 is 9.73 Å². The number of halogens is 2. The summed E-state index contributed by atoms with van der Waals surface area (Å²) in [5, 5.41) is 10.6. The fourth-order valence-electron chi connectivity index (χ4n) is 1.20. The van der Waals surface area contributed by atoms with Crippen LogP contribution in [0.25, 0.3) is 0 Å². The normalized spacial score (nSPS) is 10.4. The molecule has 2 aromatic rings. The molecule has 0 amide bonds. The van der Waals surface area contributed by atoms with Crippen molar-refractivity contribution in [1.82, 2.24) is 10.2 Å². The zero-order valence-electron chi connectivity index (χ0n) is 8.50. The molecule has 1 aromatic heterocycles. The van der Waals surface area contributed by atoms with Crippen LogP contribution in [0.4, 0.5) is 11.7 Å². The van der Waals surface area contributed by atoms with E-state index >= 15 is 0 Å². The SMILES string of the molecule is Cc1ccc(Br)cc1Nc1nnc(CCl)o1. The Hall–Kier alpha value is -1.07. The van der Waals surface area contributed by atoms with Gasteiger partial charge in [-0.25, -0.2) is 0 Å². The number of alkyl halides is 1. The van der Waals surface area contributed by atoms with Crippen molar-refractivity contribution in [3.05, 3.63) is 34.1 Å². The maximum atomic E-state index is 5.57. The molecule has 0 aliphatic carbocycles. The van der Waals surface area contributed by atoms with E-state index in [9.17, 15) is 0 Å². The topological polar surface area (TPSA) is 51.0 Å². The third-order valence-corrected chi connectivity index (χ3v) is 2.74. The number of anilines is 2. The molecule has 0 saturated heterocycles. The van der Waals surface area contributed by atoms with Crippen LogP contribution >= 0.6 is 27.5 Å². The lowest BCUT2D eigenvalue weighted by Crippen LogP contribution is -1.93. The zero-order chi connectivity index (χ0) is 11.5. The third kappa shape index (κ3) is 2.54. The van der Waals surface area contributed by atoms with Gasteiger partial charge in [0.25, 0.3) is 0 Å². The monoisotopic (exact) mass is 301 g/mol. The lowest BCUT2D eigenvalue weighted by molar-refractivity contribution is 0.530. The van der Waals surface area contributed by atoms with E-state index in [0.717, 1.165) is 15.7 Å². The number of hydrogen-bond donors (Lipinski definition) is 1. The molecule has 1 heterocycles. The van der Waals surface area contributed by atoms with Crippen LogP contribution in [0.2, 0.25) is 0 Å². The first-order chi connectivity index (χ1) is 7.69. The molecule has 16 heavy (non-hydrogen) atoms. The minimum Gasteiger partial charge on any atom is -0.407 e. The fraction of sp³-hybridized carbons (Fsp3) is 0.200. The largest absolute Gasteiger partial charge is 0.407 e. The summed E-state index contributed by atoms with van der Waals surface area (Å²) in [7, 11) is 0. The molecule has 0 bridgehead atoms. The van der Waals surface area contributed by atoms with Crippen LogP contribution in [0.3, 0.4) is 0 Å². The second-order valence-electron chi connectivity index (χ2n) is 3.22. The molecule has 0 aliphatic rings. The van der Waals surface area contributed by atoms with Crippen LogP contribution in [0.1, 0.15) is 11.5 Å². The molecule has 2 rings (SSSR count). The highest BCUT2D eigenvalue weighted by molar-refractivity contribution is 9.10. The molecule has 0 spiro atoms. The van der Waals surface area contributed by atoms with Gasteiger partial charge in [0.05, 0.1) is 0 Å². The molecule has 6 heteroatoms. The number of rotatable bonds is 3. The first-order valence-corrected chi connectivity index (χ1v) is 5.93. The maximum absolute atomic E-state index is 5.57. The van der Waals surface area contributed by atoms with Gasteiger partial charge in [0.1, 0.15) is 5.88 Å². The Morgan fingerprint density at radius 2 is 2.25 bits per heavy atom. The molecule has 0 atom stereocenters.